The Morgan fingerprint density at radius 2 is 2.21 bits per heavy atom. The van der Waals surface area contributed by atoms with Gasteiger partial charge in [0.2, 0.25) is 0 Å². The van der Waals surface area contributed by atoms with E-state index in [1.165, 1.54) is 0 Å². The van der Waals surface area contributed by atoms with Crippen LogP contribution in [0.2, 0.25) is 0 Å². The highest BCUT2D eigenvalue weighted by Gasteiger charge is 2.36. The van der Waals surface area contributed by atoms with E-state index in [1.54, 1.807) is 17.4 Å². The van der Waals surface area contributed by atoms with Gasteiger partial charge in [0.1, 0.15) is 18.4 Å². The molecule has 1 aromatic carbocycles. The number of carboxylic acids is 1. The summed E-state index contributed by atoms with van der Waals surface area (Å²) in [5, 5.41) is 19.1. The number of ether oxygens (including phenoxy) is 1. The number of benzene rings is 1. The van der Waals surface area contributed by atoms with Crippen LogP contribution in [0.1, 0.15) is 12.0 Å². The molecule has 7 nitrogen and oxygen atoms in total. The molecular formula is C17H21N3O4. The van der Waals surface area contributed by atoms with Crippen LogP contribution in [0.15, 0.2) is 43.0 Å². The van der Waals surface area contributed by atoms with Crippen LogP contribution in [0.3, 0.4) is 0 Å². The predicted octanol–water partition coefficient (Wildman–Crippen LogP) is 0.982. The van der Waals surface area contributed by atoms with Crippen molar-refractivity contribution in [3.8, 4) is 5.75 Å². The SMILES string of the molecule is O=C(O)[C@@H]1C[C@@H](O)CN1Cc1ccccc1OCCn1ccnc1. The molecule has 1 aromatic heterocycles. The van der Waals surface area contributed by atoms with Gasteiger partial charge in [0.25, 0.3) is 0 Å². The minimum Gasteiger partial charge on any atom is -0.491 e. The lowest BCUT2D eigenvalue weighted by Gasteiger charge is -2.22. The number of imidazole rings is 1. The second-order valence-electron chi connectivity index (χ2n) is 5.93. The quantitative estimate of drug-likeness (QED) is 0.786. The number of carboxylic acid groups (broad SMARTS) is 1. The molecule has 2 aromatic rings. The van der Waals surface area contributed by atoms with E-state index in [9.17, 15) is 15.0 Å². The zero-order valence-corrected chi connectivity index (χ0v) is 13.3. The maximum absolute atomic E-state index is 11.3. The van der Waals surface area contributed by atoms with Crippen molar-refractivity contribution in [1.82, 2.24) is 14.5 Å². The van der Waals surface area contributed by atoms with Gasteiger partial charge in [-0.15, -0.1) is 0 Å². The van der Waals surface area contributed by atoms with Crippen molar-refractivity contribution in [2.45, 2.75) is 31.7 Å². The number of carbonyl (C=O) groups is 1. The topological polar surface area (TPSA) is 87.8 Å². The maximum atomic E-state index is 11.3. The zero-order valence-electron chi connectivity index (χ0n) is 13.3. The molecule has 0 radical (unpaired) electrons. The van der Waals surface area contributed by atoms with Gasteiger partial charge in [0, 0.05) is 37.5 Å². The number of nitrogens with zero attached hydrogens (tertiary/aromatic N) is 3. The van der Waals surface area contributed by atoms with Crippen molar-refractivity contribution in [2.24, 2.45) is 0 Å². The van der Waals surface area contributed by atoms with Crippen molar-refractivity contribution in [1.29, 1.82) is 0 Å². The summed E-state index contributed by atoms with van der Waals surface area (Å²) in [5.41, 5.74) is 0.920. The fourth-order valence-electron chi connectivity index (χ4n) is 2.99. The smallest absolute Gasteiger partial charge is 0.321 e. The first kappa shape index (κ1) is 16.5. The van der Waals surface area contributed by atoms with E-state index >= 15 is 0 Å². The van der Waals surface area contributed by atoms with E-state index in [0.29, 0.717) is 26.2 Å². The van der Waals surface area contributed by atoms with Crippen molar-refractivity contribution in [2.75, 3.05) is 13.2 Å². The van der Waals surface area contributed by atoms with Crippen LogP contribution in [0.25, 0.3) is 0 Å². The van der Waals surface area contributed by atoms with Gasteiger partial charge in [-0.25, -0.2) is 4.98 Å². The number of β-amino-alcohol motifs (C(OH)–C–C–N with tert-alkyl or cyclic N) is 1. The Labute approximate surface area is 140 Å². The number of rotatable bonds is 7. The van der Waals surface area contributed by atoms with Gasteiger partial charge in [-0.05, 0) is 6.07 Å². The monoisotopic (exact) mass is 331 g/mol. The normalized spacial score (nSPS) is 21.0. The first-order valence-electron chi connectivity index (χ1n) is 7.95. The van der Waals surface area contributed by atoms with E-state index in [0.717, 1.165) is 11.3 Å². The number of likely N-dealkylation sites (tertiary alicyclic amines) is 1. The Bertz CT molecular complexity index is 674. The third-order valence-corrected chi connectivity index (χ3v) is 4.18. The van der Waals surface area contributed by atoms with E-state index in [1.807, 2.05) is 35.0 Å². The number of aromatic nitrogens is 2. The second kappa shape index (κ2) is 7.46. The van der Waals surface area contributed by atoms with Gasteiger partial charge < -0.3 is 19.5 Å². The Kier molecular flexibility index (Phi) is 5.12. The van der Waals surface area contributed by atoms with Gasteiger partial charge in [0.05, 0.1) is 19.0 Å². The van der Waals surface area contributed by atoms with Crippen LogP contribution in [0, 0.1) is 0 Å². The Hall–Kier alpha value is -2.38. The number of hydrogen-bond donors (Lipinski definition) is 2. The Morgan fingerprint density at radius 1 is 1.38 bits per heavy atom. The van der Waals surface area contributed by atoms with Crippen LogP contribution < -0.4 is 4.74 Å². The molecule has 1 aliphatic heterocycles. The van der Waals surface area contributed by atoms with Crippen molar-refractivity contribution in [3.63, 3.8) is 0 Å². The lowest BCUT2D eigenvalue weighted by molar-refractivity contribution is -0.142. The largest absolute Gasteiger partial charge is 0.491 e. The van der Waals surface area contributed by atoms with Crippen molar-refractivity contribution < 1.29 is 19.7 Å². The van der Waals surface area contributed by atoms with Crippen molar-refractivity contribution >= 4 is 5.97 Å². The van der Waals surface area contributed by atoms with E-state index < -0.39 is 18.1 Å². The van der Waals surface area contributed by atoms with Gasteiger partial charge in [-0.3, -0.25) is 9.69 Å². The third-order valence-electron chi connectivity index (χ3n) is 4.18. The van der Waals surface area contributed by atoms with Gasteiger partial charge in [-0.2, -0.15) is 0 Å². The molecular weight excluding hydrogens is 310 g/mol. The van der Waals surface area contributed by atoms with Gasteiger partial charge >= 0.3 is 5.97 Å². The fraction of sp³-hybridized carbons (Fsp3) is 0.412. The van der Waals surface area contributed by atoms with Crippen LogP contribution in [0.5, 0.6) is 5.75 Å². The first-order chi connectivity index (χ1) is 11.6. The maximum Gasteiger partial charge on any atom is 0.321 e. The highest BCUT2D eigenvalue weighted by atomic mass is 16.5. The minimum atomic E-state index is -0.898. The molecule has 128 valence electrons. The number of aliphatic hydroxyl groups is 1. The summed E-state index contributed by atoms with van der Waals surface area (Å²) in [5.74, 6) is -0.159. The van der Waals surface area contributed by atoms with E-state index in [-0.39, 0.29) is 6.42 Å². The van der Waals surface area contributed by atoms with E-state index in [2.05, 4.69) is 4.98 Å². The summed E-state index contributed by atoms with van der Waals surface area (Å²) >= 11 is 0. The second-order valence-corrected chi connectivity index (χ2v) is 5.93. The van der Waals surface area contributed by atoms with Crippen LogP contribution in [-0.2, 0) is 17.9 Å². The molecule has 1 fully saturated rings. The van der Waals surface area contributed by atoms with E-state index in [4.69, 9.17) is 4.74 Å². The third kappa shape index (κ3) is 3.93. The molecule has 2 N–H and O–H groups in total. The molecule has 7 heteroatoms. The molecule has 0 unspecified atom stereocenters. The molecule has 24 heavy (non-hydrogen) atoms. The fourth-order valence-corrected chi connectivity index (χ4v) is 2.99. The summed E-state index contributed by atoms with van der Waals surface area (Å²) in [6.07, 6.45) is 4.99. The zero-order chi connectivity index (χ0) is 16.9. The summed E-state index contributed by atoms with van der Waals surface area (Å²) in [7, 11) is 0. The molecule has 0 amide bonds. The highest BCUT2D eigenvalue weighted by molar-refractivity contribution is 5.74. The number of aliphatic hydroxyl groups excluding tert-OH is 1. The number of hydrogen-bond acceptors (Lipinski definition) is 5. The van der Waals surface area contributed by atoms with Crippen LogP contribution in [-0.4, -0.2) is 55.9 Å². The molecule has 0 bridgehead atoms. The summed E-state index contributed by atoms with van der Waals surface area (Å²) in [6, 6.07) is 6.95. The molecule has 2 atom stereocenters. The average Bonchev–Trinajstić information content (AvgIpc) is 3.19. The summed E-state index contributed by atoms with van der Waals surface area (Å²) < 4.78 is 7.79. The molecule has 0 aliphatic carbocycles. The standard InChI is InChI=1S/C17H21N3O4/c21-14-9-15(17(22)23)20(11-14)10-13-3-1-2-4-16(13)24-8-7-19-6-5-18-12-19/h1-6,12,14-15,21H,7-11H2,(H,22,23)/t14-,15+/m1/s1. The van der Waals surface area contributed by atoms with Gasteiger partial charge in [-0.1, -0.05) is 18.2 Å². The van der Waals surface area contributed by atoms with Crippen LogP contribution in [0.4, 0.5) is 0 Å². The Morgan fingerprint density at radius 3 is 2.96 bits per heavy atom. The molecule has 3 rings (SSSR count). The molecule has 1 saturated heterocycles. The lowest BCUT2D eigenvalue weighted by Crippen LogP contribution is -2.35. The predicted molar refractivity (Wildman–Crippen MR) is 86.6 cm³/mol. The van der Waals surface area contributed by atoms with Crippen molar-refractivity contribution in [3.05, 3.63) is 48.5 Å². The van der Waals surface area contributed by atoms with Crippen LogP contribution >= 0.6 is 0 Å². The summed E-state index contributed by atoms with van der Waals surface area (Å²) in [4.78, 5) is 17.1. The minimum absolute atomic E-state index is 0.263. The van der Waals surface area contributed by atoms with Gasteiger partial charge in [0.15, 0.2) is 0 Å². The Balaban J connectivity index is 1.64. The molecule has 0 spiro atoms. The highest BCUT2D eigenvalue weighted by Crippen LogP contribution is 2.25. The molecule has 1 aliphatic rings. The number of para-hydroxylation sites is 1. The number of aliphatic carboxylic acids is 1. The average molecular weight is 331 g/mol. The molecule has 0 saturated carbocycles. The first-order valence-corrected chi connectivity index (χ1v) is 7.95. The lowest BCUT2D eigenvalue weighted by atomic mass is 10.1. The molecule has 2 heterocycles. The summed E-state index contributed by atoms with van der Waals surface area (Å²) in [6.45, 7) is 1.99.